The lowest BCUT2D eigenvalue weighted by Crippen LogP contribution is -2.15. The average Bonchev–Trinajstić information content (AvgIpc) is 3.31. The molecule has 0 aromatic carbocycles. The van der Waals surface area contributed by atoms with Gasteiger partial charge in [0.05, 0.1) is 18.1 Å². The van der Waals surface area contributed by atoms with Crippen molar-refractivity contribution in [1.82, 2.24) is 34.9 Å². The van der Waals surface area contributed by atoms with Crippen LogP contribution in [0, 0.1) is 0 Å². The number of hydrogen-bond donors (Lipinski definition) is 2. The molecule has 1 amide bonds. The first kappa shape index (κ1) is 15.6. The molecule has 0 unspecified atom stereocenters. The highest BCUT2D eigenvalue weighted by atomic mass is 16.1. The van der Waals surface area contributed by atoms with E-state index < -0.39 is 5.91 Å². The molecule has 0 saturated heterocycles. The summed E-state index contributed by atoms with van der Waals surface area (Å²) in [5.41, 5.74) is 9.58. The number of nitrogens with one attached hydrogen (secondary N) is 1. The van der Waals surface area contributed by atoms with Crippen LogP contribution in [0.25, 0.3) is 33.8 Å². The summed E-state index contributed by atoms with van der Waals surface area (Å²) in [6.07, 6.45) is 9.91. The first-order valence-electron chi connectivity index (χ1n) is 7.74. The molecular weight excluding hydrogens is 332 g/mol. The van der Waals surface area contributed by atoms with Gasteiger partial charge < -0.3 is 5.73 Å². The van der Waals surface area contributed by atoms with Crippen molar-refractivity contribution in [2.45, 2.75) is 0 Å². The van der Waals surface area contributed by atoms with Gasteiger partial charge in [-0.05, 0) is 12.1 Å². The lowest BCUT2D eigenvalue weighted by atomic mass is 10.0. The second-order valence-corrected chi connectivity index (χ2v) is 5.60. The maximum atomic E-state index is 12.1. The van der Waals surface area contributed by atoms with Gasteiger partial charge in [0, 0.05) is 48.5 Å². The van der Waals surface area contributed by atoms with Crippen LogP contribution in [0.15, 0.2) is 49.3 Å². The number of aromatic nitrogens is 7. The van der Waals surface area contributed by atoms with E-state index in [-0.39, 0.29) is 5.69 Å². The quantitative estimate of drug-likeness (QED) is 0.575. The molecule has 128 valence electrons. The Labute approximate surface area is 147 Å². The third-order valence-corrected chi connectivity index (χ3v) is 3.85. The molecule has 4 rings (SSSR count). The van der Waals surface area contributed by atoms with Crippen LogP contribution in [0.1, 0.15) is 10.5 Å². The minimum atomic E-state index is -0.626. The molecule has 9 nitrogen and oxygen atoms in total. The van der Waals surface area contributed by atoms with Crippen LogP contribution in [0.3, 0.4) is 0 Å². The van der Waals surface area contributed by atoms with E-state index in [0.29, 0.717) is 28.2 Å². The number of aryl methyl sites for hydroxylation is 1. The molecule has 0 aliphatic rings. The third-order valence-electron chi connectivity index (χ3n) is 3.85. The van der Waals surface area contributed by atoms with Crippen LogP contribution in [0.4, 0.5) is 0 Å². The van der Waals surface area contributed by atoms with Gasteiger partial charge in [0.25, 0.3) is 5.91 Å². The van der Waals surface area contributed by atoms with Crippen molar-refractivity contribution in [3.05, 3.63) is 55.0 Å². The first-order chi connectivity index (χ1) is 12.6. The Morgan fingerprint density at radius 3 is 2.73 bits per heavy atom. The van der Waals surface area contributed by atoms with Gasteiger partial charge in [-0.3, -0.25) is 24.5 Å². The fraction of sp³-hybridized carbons (Fsp3) is 0.0588. The number of nitrogens with two attached hydrogens (primary N) is 1. The maximum absolute atomic E-state index is 12.1. The van der Waals surface area contributed by atoms with E-state index in [1.807, 2.05) is 0 Å². The summed E-state index contributed by atoms with van der Waals surface area (Å²) < 4.78 is 1.65. The zero-order valence-electron chi connectivity index (χ0n) is 13.8. The van der Waals surface area contributed by atoms with Crippen LogP contribution in [0.5, 0.6) is 0 Å². The Bertz CT molecular complexity index is 1070. The molecule has 0 radical (unpaired) electrons. The van der Waals surface area contributed by atoms with Crippen molar-refractivity contribution in [1.29, 1.82) is 0 Å². The first-order valence-corrected chi connectivity index (χ1v) is 7.74. The van der Waals surface area contributed by atoms with Gasteiger partial charge in [0.15, 0.2) is 0 Å². The van der Waals surface area contributed by atoms with Gasteiger partial charge in [0.1, 0.15) is 17.1 Å². The molecule has 0 spiro atoms. The highest BCUT2D eigenvalue weighted by molar-refractivity contribution is 6.00. The Kier molecular flexibility index (Phi) is 3.73. The Balaban J connectivity index is 1.90. The highest BCUT2D eigenvalue weighted by Gasteiger charge is 2.20. The van der Waals surface area contributed by atoms with Crippen LogP contribution in [-0.4, -0.2) is 40.8 Å². The van der Waals surface area contributed by atoms with Crippen molar-refractivity contribution in [3.8, 4) is 33.8 Å². The zero-order chi connectivity index (χ0) is 18.1. The molecule has 4 aromatic rings. The summed E-state index contributed by atoms with van der Waals surface area (Å²) in [6, 6.07) is 3.60. The number of amides is 1. The number of carbonyl (C=O) groups is 1. The van der Waals surface area contributed by atoms with Gasteiger partial charge in [0.2, 0.25) is 0 Å². The van der Waals surface area contributed by atoms with Crippen LogP contribution in [-0.2, 0) is 7.05 Å². The smallest absolute Gasteiger partial charge is 0.267 e. The molecule has 0 fully saturated rings. The summed E-state index contributed by atoms with van der Waals surface area (Å²) >= 11 is 0. The molecular formula is C17H14N8O. The van der Waals surface area contributed by atoms with Gasteiger partial charge >= 0.3 is 0 Å². The molecule has 0 bridgehead atoms. The SMILES string of the molecule is Cn1cc(-c2ccc(-c3cn[nH]c3)nc2C(N)=O)c(-c2cnccn2)n1. The summed E-state index contributed by atoms with van der Waals surface area (Å²) in [5, 5.41) is 11.1. The predicted molar refractivity (Wildman–Crippen MR) is 93.6 cm³/mol. The minimum absolute atomic E-state index is 0.154. The number of nitrogens with zero attached hydrogens (tertiary/aromatic N) is 6. The predicted octanol–water partition coefficient (Wildman–Crippen LogP) is 1.43. The Morgan fingerprint density at radius 2 is 2.04 bits per heavy atom. The van der Waals surface area contributed by atoms with Crippen LogP contribution >= 0.6 is 0 Å². The van der Waals surface area contributed by atoms with Crippen molar-refractivity contribution in [2.24, 2.45) is 12.8 Å². The lowest BCUT2D eigenvalue weighted by Gasteiger charge is -2.08. The van der Waals surface area contributed by atoms with Crippen molar-refractivity contribution in [2.75, 3.05) is 0 Å². The third kappa shape index (κ3) is 2.71. The molecule has 26 heavy (non-hydrogen) atoms. The van der Waals surface area contributed by atoms with Crippen molar-refractivity contribution >= 4 is 5.91 Å². The van der Waals surface area contributed by atoms with E-state index in [2.05, 4.69) is 30.2 Å². The van der Waals surface area contributed by atoms with Crippen molar-refractivity contribution < 1.29 is 4.79 Å². The van der Waals surface area contributed by atoms with E-state index in [4.69, 9.17) is 5.73 Å². The number of hydrogen-bond acceptors (Lipinski definition) is 6. The van der Waals surface area contributed by atoms with Crippen molar-refractivity contribution in [3.63, 3.8) is 0 Å². The fourth-order valence-electron chi connectivity index (χ4n) is 2.71. The van der Waals surface area contributed by atoms with Gasteiger partial charge in [-0.2, -0.15) is 10.2 Å². The lowest BCUT2D eigenvalue weighted by molar-refractivity contribution is 0.0996. The summed E-state index contributed by atoms with van der Waals surface area (Å²) in [7, 11) is 1.79. The largest absolute Gasteiger partial charge is 0.364 e. The molecule has 9 heteroatoms. The molecule has 3 N–H and O–H groups in total. The molecule has 0 saturated carbocycles. The number of pyridine rings is 1. The zero-order valence-corrected chi connectivity index (χ0v) is 13.8. The monoisotopic (exact) mass is 346 g/mol. The molecule has 4 heterocycles. The van der Waals surface area contributed by atoms with Crippen LogP contribution in [0.2, 0.25) is 0 Å². The topological polar surface area (TPSA) is 128 Å². The Hall–Kier alpha value is -3.88. The van der Waals surface area contributed by atoms with E-state index in [1.54, 1.807) is 61.0 Å². The highest BCUT2D eigenvalue weighted by Crippen LogP contribution is 2.32. The van der Waals surface area contributed by atoms with E-state index in [1.165, 1.54) is 0 Å². The molecule has 0 atom stereocenters. The van der Waals surface area contributed by atoms with E-state index in [9.17, 15) is 4.79 Å². The fourth-order valence-corrected chi connectivity index (χ4v) is 2.71. The van der Waals surface area contributed by atoms with Gasteiger partial charge in [-0.25, -0.2) is 4.98 Å². The standard InChI is InChI=1S/C17H14N8O/c1-25-9-12(15(24-25)14-8-19-4-5-20-14)11-2-3-13(10-6-21-22-7-10)23-16(11)17(18)26/h2-9H,1H3,(H2,18,26)(H,21,22). The van der Waals surface area contributed by atoms with E-state index in [0.717, 1.165) is 5.56 Å². The average molecular weight is 346 g/mol. The second-order valence-electron chi connectivity index (χ2n) is 5.60. The van der Waals surface area contributed by atoms with Gasteiger partial charge in [-0.15, -0.1) is 0 Å². The molecule has 4 aromatic heterocycles. The van der Waals surface area contributed by atoms with Gasteiger partial charge in [-0.1, -0.05) is 0 Å². The number of H-pyrrole nitrogens is 1. The normalized spacial score (nSPS) is 10.8. The summed E-state index contributed by atoms with van der Waals surface area (Å²) in [4.78, 5) is 24.9. The Morgan fingerprint density at radius 1 is 1.15 bits per heavy atom. The molecule has 0 aliphatic heterocycles. The second kappa shape index (κ2) is 6.20. The summed E-state index contributed by atoms with van der Waals surface area (Å²) in [5.74, 6) is -0.626. The minimum Gasteiger partial charge on any atom is -0.364 e. The van der Waals surface area contributed by atoms with E-state index >= 15 is 0 Å². The maximum Gasteiger partial charge on any atom is 0.267 e. The summed E-state index contributed by atoms with van der Waals surface area (Å²) in [6.45, 7) is 0. The number of rotatable bonds is 4. The van der Waals surface area contributed by atoms with Crippen LogP contribution < -0.4 is 5.73 Å². The number of carbonyl (C=O) groups excluding carboxylic acids is 1. The number of aromatic amines is 1. The number of primary amides is 1. The molecule has 0 aliphatic carbocycles.